The van der Waals surface area contributed by atoms with E-state index < -0.39 is 0 Å². The van der Waals surface area contributed by atoms with Gasteiger partial charge in [0, 0.05) is 44.0 Å². The number of piperazine rings is 1. The predicted molar refractivity (Wildman–Crippen MR) is 104 cm³/mol. The highest BCUT2D eigenvalue weighted by molar-refractivity contribution is 8.14. The van der Waals surface area contributed by atoms with Crippen molar-refractivity contribution >= 4 is 22.7 Å². The largest absolute Gasteiger partial charge is 0.353 e. The number of rotatable bonds is 3. The Kier molecular flexibility index (Phi) is 4.88. The second-order valence-electron chi connectivity index (χ2n) is 6.52. The van der Waals surface area contributed by atoms with Gasteiger partial charge in [-0.1, -0.05) is 49.0 Å². The minimum atomic E-state index is 0.621. The molecular weight excluding hydrogens is 330 g/mol. The van der Waals surface area contributed by atoms with E-state index in [1.165, 1.54) is 10.7 Å². The van der Waals surface area contributed by atoms with E-state index in [4.69, 9.17) is 4.98 Å². The van der Waals surface area contributed by atoms with Crippen LogP contribution in [-0.2, 0) is 6.42 Å². The first kappa shape index (κ1) is 16.4. The van der Waals surface area contributed by atoms with Crippen LogP contribution in [0.2, 0.25) is 0 Å². The van der Waals surface area contributed by atoms with Crippen molar-refractivity contribution in [3.8, 4) is 0 Å². The van der Waals surface area contributed by atoms with E-state index in [9.17, 15) is 0 Å². The van der Waals surface area contributed by atoms with Gasteiger partial charge in [-0.25, -0.2) is 9.97 Å². The van der Waals surface area contributed by atoms with Crippen molar-refractivity contribution in [3.05, 3.63) is 54.0 Å². The molecule has 0 amide bonds. The van der Waals surface area contributed by atoms with Gasteiger partial charge in [-0.2, -0.15) is 0 Å². The fourth-order valence-corrected chi connectivity index (χ4v) is 4.18. The van der Waals surface area contributed by atoms with Crippen LogP contribution in [0.4, 0.5) is 5.82 Å². The van der Waals surface area contributed by atoms with Gasteiger partial charge in [0.1, 0.15) is 11.6 Å². The van der Waals surface area contributed by atoms with Crippen LogP contribution < -0.4 is 4.90 Å². The SMILES string of the molecule is CC1CN=C(N2CCN(c3ccnc(Cc4ccccc4)n3)CC2)S1. The maximum Gasteiger partial charge on any atom is 0.159 e. The van der Waals surface area contributed by atoms with E-state index in [0.29, 0.717) is 5.25 Å². The van der Waals surface area contributed by atoms with E-state index in [0.717, 1.165) is 50.8 Å². The summed E-state index contributed by atoms with van der Waals surface area (Å²) in [5, 5.41) is 1.84. The monoisotopic (exact) mass is 353 g/mol. The van der Waals surface area contributed by atoms with E-state index in [1.807, 2.05) is 30.1 Å². The molecule has 130 valence electrons. The summed E-state index contributed by atoms with van der Waals surface area (Å²) in [6.45, 7) is 7.18. The van der Waals surface area contributed by atoms with Gasteiger partial charge >= 0.3 is 0 Å². The zero-order chi connectivity index (χ0) is 17.1. The summed E-state index contributed by atoms with van der Waals surface area (Å²) in [4.78, 5) is 18.7. The number of benzene rings is 1. The molecule has 6 heteroatoms. The Morgan fingerprint density at radius 1 is 1.04 bits per heavy atom. The molecule has 4 rings (SSSR count). The molecule has 25 heavy (non-hydrogen) atoms. The second kappa shape index (κ2) is 7.44. The van der Waals surface area contributed by atoms with Gasteiger partial charge in [0.15, 0.2) is 5.17 Å². The molecule has 2 aliphatic heterocycles. The molecule has 1 aromatic heterocycles. The van der Waals surface area contributed by atoms with Crippen LogP contribution in [-0.4, -0.2) is 58.0 Å². The fourth-order valence-electron chi connectivity index (χ4n) is 3.19. The molecule has 0 aliphatic carbocycles. The number of thioether (sulfide) groups is 1. The molecule has 3 heterocycles. The Hall–Kier alpha value is -2.08. The smallest absolute Gasteiger partial charge is 0.159 e. The maximum absolute atomic E-state index is 4.79. The highest BCUT2D eigenvalue weighted by Crippen LogP contribution is 2.24. The molecule has 1 atom stereocenters. The zero-order valence-corrected chi connectivity index (χ0v) is 15.3. The number of hydrogen-bond donors (Lipinski definition) is 0. The molecule has 1 aromatic carbocycles. The Labute approximate surface area is 153 Å². The highest BCUT2D eigenvalue weighted by atomic mass is 32.2. The molecule has 1 saturated heterocycles. The van der Waals surface area contributed by atoms with Crippen LogP contribution in [0.1, 0.15) is 18.3 Å². The first-order chi connectivity index (χ1) is 12.3. The van der Waals surface area contributed by atoms with Crippen molar-refractivity contribution in [3.63, 3.8) is 0 Å². The lowest BCUT2D eigenvalue weighted by molar-refractivity contribution is 0.390. The van der Waals surface area contributed by atoms with Crippen molar-refractivity contribution in [2.75, 3.05) is 37.6 Å². The van der Waals surface area contributed by atoms with Crippen LogP contribution in [0.25, 0.3) is 0 Å². The van der Waals surface area contributed by atoms with Gasteiger partial charge in [0.2, 0.25) is 0 Å². The lowest BCUT2D eigenvalue weighted by Gasteiger charge is -2.36. The number of nitrogens with zero attached hydrogens (tertiary/aromatic N) is 5. The summed E-state index contributed by atoms with van der Waals surface area (Å²) in [5.74, 6) is 1.92. The summed E-state index contributed by atoms with van der Waals surface area (Å²) in [6, 6.07) is 12.4. The molecular formula is C19H23N5S. The Morgan fingerprint density at radius 2 is 1.80 bits per heavy atom. The number of anilines is 1. The molecule has 2 aromatic rings. The van der Waals surface area contributed by atoms with E-state index in [-0.39, 0.29) is 0 Å². The lowest BCUT2D eigenvalue weighted by Crippen LogP contribution is -2.48. The molecule has 0 bridgehead atoms. The maximum atomic E-state index is 4.79. The summed E-state index contributed by atoms with van der Waals surface area (Å²) in [6.07, 6.45) is 2.66. The number of hydrogen-bond acceptors (Lipinski definition) is 6. The van der Waals surface area contributed by atoms with E-state index >= 15 is 0 Å². The van der Waals surface area contributed by atoms with E-state index in [1.54, 1.807) is 0 Å². The predicted octanol–water partition coefficient (Wildman–Crippen LogP) is 2.68. The number of amidine groups is 1. The van der Waals surface area contributed by atoms with Crippen molar-refractivity contribution < 1.29 is 0 Å². The van der Waals surface area contributed by atoms with Gasteiger partial charge in [-0.05, 0) is 11.6 Å². The second-order valence-corrected chi connectivity index (χ2v) is 7.92. The third-order valence-corrected chi connectivity index (χ3v) is 5.71. The molecule has 0 saturated carbocycles. The molecule has 0 spiro atoms. The van der Waals surface area contributed by atoms with Crippen LogP contribution in [0, 0.1) is 0 Å². The molecule has 0 radical (unpaired) electrons. The first-order valence-corrected chi connectivity index (χ1v) is 9.73. The third-order valence-electron chi connectivity index (χ3n) is 4.56. The number of aromatic nitrogens is 2. The first-order valence-electron chi connectivity index (χ1n) is 8.85. The van der Waals surface area contributed by atoms with Crippen molar-refractivity contribution in [2.24, 2.45) is 4.99 Å². The van der Waals surface area contributed by atoms with Crippen LogP contribution in [0.3, 0.4) is 0 Å². The minimum Gasteiger partial charge on any atom is -0.353 e. The molecule has 0 N–H and O–H groups in total. The number of aliphatic imine (C=N–C) groups is 1. The average molecular weight is 353 g/mol. The summed E-state index contributed by atoms with van der Waals surface area (Å²) in [5.41, 5.74) is 1.25. The van der Waals surface area contributed by atoms with Crippen LogP contribution in [0.5, 0.6) is 0 Å². The molecule has 2 aliphatic rings. The van der Waals surface area contributed by atoms with Crippen LogP contribution in [0.15, 0.2) is 47.6 Å². The highest BCUT2D eigenvalue weighted by Gasteiger charge is 2.25. The molecule has 1 unspecified atom stereocenters. The summed E-state index contributed by atoms with van der Waals surface area (Å²) >= 11 is 1.90. The normalized spacial score (nSPS) is 20.7. The molecule has 1 fully saturated rings. The average Bonchev–Trinajstić information content (AvgIpc) is 3.09. The van der Waals surface area contributed by atoms with Crippen molar-refractivity contribution in [2.45, 2.75) is 18.6 Å². The summed E-state index contributed by atoms with van der Waals surface area (Å²) in [7, 11) is 0. The Balaban J connectivity index is 1.39. The van der Waals surface area contributed by atoms with Gasteiger partial charge in [0.25, 0.3) is 0 Å². The van der Waals surface area contributed by atoms with Crippen molar-refractivity contribution in [1.82, 2.24) is 14.9 Å². The standard InChI is InChI=1S/C19H23N5S/c1-15-14-21-19(25-15)24-11-9-23(10-12-24)18-7-8-20-17(22-18)13-16-5-3-2-4-6-16/h2-8,15H,9-14H2,1H3. The van der Waals surface area contributed by atoms with E-state index in [2.05, 4.69) is 51.0 Å². The lowest BCUT2D eigenvalue weighted by atomic mass is 10.1. The van der Waals surface area contributed by atoms with Crippen molar-refractivity contribution in [1.29, 1.82) is 0 Å². The minimum absolute atomic E-state index is 0.621. The quantitative estimate of drug-likeness (QED) is 0.849. The van der Waals surface area contributed by atoms with Crippen LogP contribution >= 0.6 is 11.8 Å². The Bertz CT molecular complexity index is 740. The van der Waals surface area contributed by atoms with Gasteiger partial charge < -0.3 is 9.80 Å². The Morgan fingerprint density at radius 3 is 2.52 bits per heavy atom. The van der Waals surface area contributed by atoms with Gasteiger partial charge in [-0.3, -0.25) is 4.99 Å². The van der Waals surface area contributed by atoms with Gasteiger partial charge in [-0.15, -0.1) is 0 Å². The summed E-state index contributed by atoms with van der Waals surface area (Å²) < 4.78 is 0. The molecule has 5 nitrogen and oxygen atoms in total. The zero-order valence-electron chi connectivity index (χ0n) is 14.5. The topological polar surface area (TPSA) is 44.6 Å². The third kappa shape index (κ3) is 3.95. The fraction of sp³-hybridized carbons (Fsp3) is 0.421. The van der Waals surface area contributed by atoms with Gasteiger partial charge in [0.05, 0.1) is 6.54 Å².